The third-order valence-electron chi connectivity index (χ3n) is 7.83. The average molecular weight is 627 g/mol. The van der Waals surface area contributed by atoms with Crippen molar-refractivity contribution in [1.29, 1.82) is 0 Å². The highest BCUT2D eigenvalue weighted by molar-refractivity contribution is 7.99. The number of aromatic nitrogens is 5. The van der Waals surface area contributed by atoms with Crippen LogP contribution in [-0.2, 0) is 16.1 Å². The summed E-state index contributed by atoms with van der Waals surface area (Å²) in [4.78, 5) is 21.0. The second kappa shape index (κ2) is 13.1. The van der Waals surface area contributed by atoms with Crippen LogP contribution in [0.5, 0.6) is 0 Å². The van der Waals surface area contributed by atoms with E-state index in [2.05, 4.69) is 22.6 Å². The highest BCUT2D eigenvalue weighted by atomic mass is 32.2. The molecule has 2 fully saturated rings. The minimum absolute atomic E-state index is 0.00197. The number of anilines is 1. The van der Waals surface area contributed by atoms with E-state index in [0.29, 0.717) is 39.7 Å². The van der Waals surface area contributed by atoms with Crippen molar-refractivity contribution in [2.75, 3.05) is 24.3 Å². The van der Waals surface area contributed by atoms with Crippen LogP contribution in [0.4, 0.5) is 14.6 Å². The van der Waals surface area contributed by atoms with Gasteiger partial charge in [0.15, 0.2) is 33.8 Å². The van der Waals surface area contributed by atoms with Gasteiger partial charge in [-0.2, -0.15) is 0 Å². The molecule has 11 nitrogen and oxygen atoms in total. The van der Waals surface area contributed by atoms with Gasteiger partial charge in [0.05, 0.1) is 37.5 Å². The predicted octanol–water partition coefficient (Wildman–Crippen LogP) is 4.58. The number of halogens is 2. The molecule has 6 rings (SSSR count). The number of rotatable bonds is 13. The van der Waals surface area contributed by atoms with E-state index >= 15 is 0 Å². The second-order valence-corrected chi connectivity index (χ2v) is 12.0. The Kier molecular flexibility index (Phi) is 9.03. The minimum Gasteiger partial charge on any atom is -0.478 e. The van der Waals surface area contributed by atoms with E-state index in [1.807, 2.05) is 0 Å². The van der Waals surface area contributed by atoms with Crippen LogP contribution >= 0.6 is 11.8 Å². The Morgan fingerprint density at radius 3 is 2.80 bits per heavy atom. The Labute approximate surface area is 256 Å². The van der Waals surface area contributed by atoms with Crippen molar-refractivity contribution in [3.8, 4) is 0 Å². The number of carboxylic acid groups (broad SMARTS) is 1. The van der Waals surface area contributed by atoms with E-state index in [1.54, 1.807) is 28.9 Å². The largest absolute Gasteiger partial charge is 0.478 e. The van der Waals surface area contributed by atoms with Crippen molar-refractivity contribution in [3.05, 3.63) is 70.8 Å². The molecule has 1 aliphatic carbocycles. The molecule has 1 saturated heterocycles. The molecule has 5 atom stereocenters. The summed E-state index contributed by atoms with van der Waals surface area (Å²) in [6, 6.07) is 10.2. The zero-order valence-electron chi connectivity index (χ0n) is 23.9. The number of aliphatic hydroxyl groups excluding tert-OH is 1. The summed E-state index contributed by atoms with van der Waals surface area (Å²) in [7, 11) is 0. The number of carboxylic acids is 1. The number of hydrogen-bond donors (Lipinski definition) is 3. The summed E-state index contributed by atoms with van der Waals surface area (Å²) in [6.07, 6.45) is 1.16. The first-order valence-corrected chi connectivity index (χ1v) is 15.5. The minimum atomic E-state index is -1.02. The number of benzene rings is 2. The van der Waals surface area contributed by atoms with Gasteiger partial charge in [-0.25, -0.2) is 28.2 Å². The van der Waals surface area contributed by atoms with Crippen LogP contribution in [0.2, 0.25) is 0 Å². The van der Waals surface area contributed by atoms with Crippen LogP contribution in [0.15, 0.2) is 47.6 Å². The Morgan fingerprint density at radius 2 is 2.02 bits per heavy atom. The Morgan fingerprint density at radius 1 is 1.18 bits per heavy atom. The molecular formula is C30H32F2N6O5S. The highest BCUT2D eigenvalue weighted by Crippen LogP contribution is 2.44. The van der Waals surface area contributed by atoms with Gasteiger partial charge in [0.2, 0.25) is 0 Å². The molecule has 1 aliphatic heterocycles. The van der Waals surface area contributed by atoms with Crippen LogP contribution in [0.25, 0.3) is 11.2 Å². The molecule has 3 heterocycles. The van der Waals surface area contributed by atoms with Crippen LogP contribution in [0.1, 0.15) is 59.6 Å². The molecule has 1 saturated carbocycles. The molecule has 2 aromatic carbocycles. The van der Waals surface area contributed by atoms with Gasteiger partial charge in [-0.05, 0) is 42.2 Å². The molecule has 232 valence electrons. The van der Waals surface area contributed by atoms with E-state index in [0.717, 1.165) is 24.7 Å². The van der Waals surface area contributed by atoms with E-state index in [4.69, 9.17) is 19.4 Å². The Balaban J connectivity index is 1.19. The van der Waals surface area contributed by atoms with Gasteiger partial charge in [0.25, 0.3) is 0 Å². The highest BCUT2D eigenvalue weighted by Gasteiger charge is 2.41. The average Bonchev–Trinajstić information content (AvgIpc) is 3.45. The molecule has 0 spiro atoms. The van der Waals surface area contributed by atoms with Crippen molar-refractivity contribution < 1.29 is 33.3 Å². The first-order chi connectivity index (χ1) is 21.4. The summed E-state index contributed by atoms with van der Waals surface area (Å²) >= 11 is 1.51. The van der Waals surface area contributed by atoms with Crippen LogP contribution < -0.4 is 5.32 Å². The molecule has 0 radical (unpaired) electrons. The number of fused-ring (bicyclic) bond motifs is 1. The number of thioether (sulfide) groups is 1. The molecule has 0 bridgehead atoms. The molecule has 2 aliphatic rings. The number of nitrogens with zero attached hydrogens (tertiary/aromatic N) is 5. The maximum atomic E-state index is 13.8. The number of aromatic carboxylic acids is 1. The topological polar surface area (TPSA) is 145 Å². The summed E-state index contributed by atoms with van der Waals surface area (Å²) in [6.45, 7) is 2.11. The number of carbonyl (C=O) groups is 1. The quantitative estimate of drug-likeness (QED) is 0.142. The van der Waals surface area contributed by atoms with Crippen molar-refractivity contribution in [1.82, 2.24) is 25.0 Å². The van der Waals surface area contributed by atoms with E-state index < -0.39 is 23.7 Å². The summed E-state index contributed by atoms with van der Waals surface area (Å²) < 4.78 is 40.9. The Bertz CT molecular complexity index is 1660. The van der Waals surface area contributed by atoms with Crippen LogP contribution in [0.3, 0.4) is 0 Å². The van der Waals surface area contributed by atoms with Gasteiger partial charge in [-0.15, -0.1) is 5.10 Å². The summed E-state index contributed by atoms with van der Waals surface area (Å²) in [5.74, 6) is -1.45. The molecule has 14 heteroatoms. The fourth-order valence-corrected chi connectivity index (χ4v) is 6.23. The van der Waals surface area contributed by atoms with Gasteiger partial charge in [-0.3, -0.25) is 0 Å². The van der Waals surface area contributed by atoms with Crippen molar-refractivity contribution in [2.24, 2.45) is 0 Å². The number of nitrogens with one attached hydrogen (secondary N) is 1. The first-order valence-electron chi connectivity index (χ1n) is 14.5. The lowest BCUT2D eigenvalue weighted by molar-refractivity contribution is -0.0402. The smallest absolute Gasteiger partial charge is 0.336 e. The zero-order valence-corrected chi connectivity index (χ0v) is 24.7. The standard InChI is InChI=1S/C30H32F2N6O5S/c1-2-9-44-30-34-27(33-23-12-20(23)16-7-8-21(31)22(32)10-16)26-28(35-30)38(37-36-26)24-11-18(43-25(24)13-39)15-42-14-17-5-3-4-6-19(17)29(40)41/h3-8,10,18,20,23-25,39H,2,9,11-15H2,1H3,(H,40,41)(H,33,34,35)/t18-,20+,23-,24-,25+/m1/s1. The summed E-state index contributed by atoms with van der Waals surface area (Å²) in [5.41, 5.74) is 2.41. The lowest BCUT2D eigenvalue weighted by Crippen LogP contribution is -2.25. The summed E-state index contributed by atoms with van der Waals surface area (Å²) in [5, 5.41) is 32.3. The maximum Gasteiger partial charge on any atom is 0.336 e. The molecule has 44 heavy (non-hydrogen) atoms. The fraction of sp³-hybridized carbons (Fsp3) is 0.433. The van der Waals surface area contributed by atoms with Crippen molar-refractivity contribution >= 4 is 34.7 Å². The zero-order chi connectivity index (χ0) is 30.8. The van der Waals surface area contributed by atoms with Gasteiger partial charge >= 0.3 is 5.97 Å². The molecule has 2 aromatic heterocycles. The van der Waals surface area contributed by atoms with Crippen LogP contribution in [0, 0.1) is 11.6 Å². The number of ether oxygens (including phenoxy) is 2. The molecular weight excluding hydrogens is 594 g/mol. The maximum absolute atomic E-state index is 13.8. The van der Waals surface area contributed by atoms with Gasteiger partial charge in [0, 0.05) is 24.1 Å². The lowest BCUT2D eigenvalue weighted by Gasteiger charge is -2.16. The third kappa shape index (κ3) is 6.39. The van der Waals surface area contributed by atoms with Gasteiger partial charge in [0.1, 0.15) is 6.10 Å². The predicted molar refractivity (Wildman–Crippen MR) is 158 cm³/mol. The normalized spacial score (nSPS) is 22.9. The van der Waals surface area contributed by atoms with Crippen molar-refractivity contribution in [2.45, 2.75) is 68.2 Å². The lowest BCUT2D eigenvalue weighted by atomic mass is 10.1. The monoisotopic (exact) mass is 626 g/mol. The second-order valence-electron chi connectivity index (χ2n) is 10.9. The number of hydrogen-bond acceptors (Lipinski definition) is 10. The van der Waals surface area contributed by atoms with E-state index in [-0.39, 0.29) is 49.5 Å². The first kappa shape index (κ1) is 30.3. The van der Waals surface area contributed by atoms with Gasteiger partial charge in [-0.1, -0.05) is 48.2 Å². The van der Waals surface area contributed by atoms with Crippen molar-refractivity contribution in [3.63, 3.8) is 0 Å². The molecule has 3 N–H and O–H groups in total. The fourth-order valence-electron chi connectivity index (χ4n) is 5.53. The van der Waals surface area contributed by atoms with E-state index in [9.17, 15) is 23.8 Å². The van der Waals surface area contributed by atoms with Gasteiger partial charge < -0.3 is 25.0 Å². The van der Waals surface area contributed by atoms with Crippen LogP contribution in [-0.4, -0.2) is 78.4 Å². The number of aliphatic hydroxyl groups is 1. The SMILES string of the molecule is CCCSc1nc(N[C@@H]2C[C@H]2c2ccc(F)c(F)c2)c2nnn([C@@H]3C[C@H](COCc4ccccc4C(=O)O)O[C@H]3CO)c2n1. The Hall–Kier alpha value is -3.72. The molecule has 0 unspecified atom stereocenters. The van der Waals surface area contributed by atoms with E-state index in [1.165, 1.54) is 23.9 Å². The molecule has 0 amide bonds. The third-order valence-corrected chi connectivity index (χ3v) is 8.88. The molecule has 4 aromatic rings.